The summed E-state index contributed by atoms with van der Waals surface area (Å²) in [6, 6.07) is 6.16. The molecule has 0 atom stereocenters. The minimum Gasteiger partial charge on any atom is -0.378 e. The summed E-state index contributed by atoms with van der Waals surface area (Å²) >= 11 is 16.7. The Morgan fingerprint density at radius 2 is 1.90 bits per heavy atom. The lowest BCUT2D eigenvalue weighted by Gasteiger charge is -2.11. The van der Waals surface area contributed by atoms with Gasteiger partial charge in [0.25, 0.3) is 0 Å². The molecule has 1 aromatic heterocycles. The largest absolute Gasteiger partial charge is 0.378 e. The first-order chi connectivity index (χ1) is 10.1. The van der Waals surface area contributed by atoms with Gasteiger partial charge in [-0.25, -0.2) is 4.39 Å². The van der Waals surface area contributed by atoms with Crippen LogP contribution in [0.4, 0.5) is 10.1 Å². The highest BCUT2D eigenvalue weighted by atomic mass is 79.9. The van der Waals surface area contributed by atoms with Gasteiger partial charge in [-0.1, -0.05) is 45.2 Å². The van der Waals surface area contributed by atoms with E-state index >= 15 is 0 Å². The summed E-state index contributed by atoms with van der Waals surface area (Å²) in [5, 5.41) is 4.15. The van der Waals surface area contributed by atoms with E-state index < -0.39 is 0 Å². The van der Waals surface area contributed by atoms with E-state index in [4.69, 9.17) is 23.2 Å². The fourth-order valence-corrected chi connectivity index (χ4v) is 3.56. The maximum absolute atomic E-state index is 13.1. The molecule has 0 unspecified atom stereocenters. The zero-order valence-corrected chi connectivity index (χ0v) is 14.2. The first kappa shape index (κ1) is 15.0. The van der Waals surface area contributed by atoms with Crippen molar-refractivity contribution in [2.75, 3.05) is 5.32 Å². The molecule has 0 spiro atoms. The summed E-state index contributed by atoms with van der Waals surface area (Å²) in [6.07, 6.45) is 0. The molecule has 3 nitrogen and oxygen atoms in total. The SMILES string of the molecule is Fc1ccc(CNc2c(Cl)cc(Cl)c3nsnc23)c(Br)c1. The first-order valence-corrected chi connectivity index (χ1v) is 8.12. The Morgan fingerprint density at radius 1 is 1.14 bits per heavy atom. The molecule has 0 bridgehead atoms. The highest BCUT2D eigenvalue weighted by Crippen LogP contribution is 2.35. The number of aromatic nitrogens is 2. The fraction of sp³-hybridized carbons (Fsp3) is 0.0769. The molecule has 1 heterocycles. The van der Waals surface area contributed by atoms with Gasteiger partial charge in [0.05, 0.1) is 27.5 Å². The molecule has 3 rings (SSSR count). The van der Waals surface area contributed by atoms with Gasteiger partial charge in [0, 0.05) is 11.0 Å². The van der Waals surface area contributed by atoms with Gasteiger partial charge < -0.3 is 5.32 Å². The molecular weight excluding hydrogens is 400 g/mol. The molecule has 108 valence electrons. The highest BCUT2D eigenvalue weighted by molar-refractivity contribution is 9.10. The van der Waals surface area contributed by atoms with E-state index in [1.165, 1.54) is 12.1 Å². The Balaban J connectivity index is 1.93. The molecule has 0 saturated carbocycles. The van der Waals surface area contributed by atoms with Crippen molar-refractivity contribution < 1.29 is 4.39 Å². The van der Waals surface area contributed by atoms with E-state index in [0.29, 0.717) is 37.8 Å². The summed E-state index contributed by atoms with van der Waals surface area (Å²) in [7, 11) is 0. The van der Waals surface area contributed by atoms with Gasteiger partial charge in [0.1, 0.15) is 16.9 Å². The van der Waals surface area contributed by atoms with Gasteiger partial charge in [0.15, 0.2) is 0 Å². The van der Waals surface area contributed by atoms with Crippen LogP contribution in [0, 0.1) is 5.82 Å². The normalized spacial score (nSPS) is 11.0. The summed E-state index contributed by atoms with van der Waals surface area (Å²) in [4.78, 5) is 0. The molecule has 2 aromatic carbocycles. The molecule has 0 aliphatic rings. The summed E-state index contributed by atoms with van der Waals surface area (Å²) in [6.45, 7) is 0.467. The standard InChI is InChI=1S/C13H7BrCl2FN3S/c14-8-3-7(17)2-1-6(8)5-18-11-9(15)4-10(16)12-13(11)20-21-19-12/h1-4,18H,5H2. The Labute approximate surface area is 142 Å². The zero-order chi connectivity index (χ0) is 15.0. The third-order valence-electron chi connectivity index (χ3n) is 2.91. The number of hydrogen-bond acceptors (Lipinski definition) is 4. The average molecular weight is 407 g/mol. The molecule has 0 amide bonds. The van der Waals surface area contributed by atoms with E-state index in [9.17, 15) is 4.39 Å². The van der Waals surface area contributed by atoms with Crippen molar-refractivity contribution in [3.8, 4) is 0 Å². The van der Waals surface area contributed by atoms with E-state index in [2.05, 4.69) is 30.0 Å². The second-order valence-electron chi connectivity index (χ2n) is 4.27. The number of rotatable bonds is 3. The van der Waals surface area contributed by atoms with Crippen LogP contribution >= 0.6 is 50.9 Å². The summed E-state index contributed by atoms with van der Waals surface area (Å²) < 4.78 is 22.1. The molecule has 1 N–H and O–H groups in total. The van der Waals surface area contributed by atoms with Crippen LogP contribution in [0.3, 0.4) is 0 Å². The molecule has 0 aliphatic carbocycles. The van der Waals surface area contributed by atoms with Gasteiger partial charge in [-0.15, -0.1) is 0 Å². The summed E-state index contributed by atoms with van der Waals surface area (Å²) in [5.74, 6) is -0.291. The van der Waals surface area contributed by atoms with Gasteiger partial charge in [-0.2, -0.15) is 8.75 Å². The highest BCUT2D eigenvalue weighted by Gasteiger charge is 2.14. The third-order valence-corrected chi connectivity index (χ3v) is 4.77. The number of nitrogens with one attached hydrogen (secondary N) is 1. The topological polar surface area (TPSA) is 37.8 Å². The van der Waals surface area contributed by atoms with Gasteiger partial charge in [0.2, 0.25) is 0 Å². The predicted molar refractivity (Wildman–Crippen MR) is 88.9 cm³/mol. The molecule has 0 aliphatic heterocycles. The average Bonchev–Trinajstić information content (AvgIpc) is 2.90. The predicted octanol–water partition coefficient (Wildman–Crippen LogP) is 5.51. The second-order valence-corrected chi connectivity index (χ2v) is 6.46. The van der Waals surface area contributed by atoms with Crippen molar-refractivity contribution in [1.29, 1.82) is 0 Å². The fourth-order valence-electron chi connectivity index (χ4n) is 1.89. The quantitative estimate of drug-likeness (QED) is 0.622. The minimum atomic E-state index is -0.291. The lowest BCUT2D eigenvalue weighted by atomic mass is 10.2. The van der Waals surface area contributed by atoms with Crippen molar-refractivity contribution in [3.05, 3.63) is 50.2 Å². The lowest BCUT2D eigenvalue weighted by molar-refractivity contribution is 0.626. The van der Waals surface area contributed by atoms with Crippen LogP contribution in [0.1, 0.15) is 5.56 Å². The van der Waals surface area contributed by atoms with Crippen molar-refractivity contribution in [2.24, 2.45) is 0 Å². The van der Waals surface area contributed by atoms with Crippen LogP contribution in [0.2, 0.25) is 10.0 Å². The Hall–Kier alpha value is -0.950. The Bertz CT molecular complexity index is 825. The van der Waals surface area contributed by atoms with Crippen LogP contribution in [-0.4, -0.2) is 8.75 Å². The smallest absolute Gasteiger partial charge is 0.130 e. The van der Waals surface area contributed by atoms with E-state index in [1.807, 2.05) is 0 Å². The van der Waals surface area contributed by atoms with Gasteiger partial charge >= 0.3 is 0 Å². The Morgan fingerprint density at radius 3 is 2.67 bits per heavy atom. The number of fused-ring (bicyclic) bond motifs is 1. The molecule has 0 radical (unpaired) electrons. The summed E-state index contributed by atoms with van der Waals surface area (Å²) in [5.41, 5.74) is 2.82. The van der Waals surface area contributed by atoms with Crippen molar-refractivity contribution >= 4 is 67.6 Å². The van der Waals surface area contributed by atoms with Gasteiger partial charge in [-0.3, -0.25) is 0 Å². The molecule has 0 fully saturated rings. The van der Waals surface area contributed by atoms with Crippen molar-refractivity contribution in [1.82, 2.24) is 8.75 Å². The number of nitrogens with zero attached hydrogens (tertiary/aromatic N) is 2. The van der Waals surface area contributed by atoms with Crippen LogP contribution in [0.15, 0.2) is 28.7 Å². The third kappa shape index (κ3) is 2.99. The maximum Gasteiger partial charge on any atom is 0.130 e. The minimum absolute atomic E-state index is 0.291. The van der Waals surface area contributed by atoms with Crippen LogP contribution in [0.5, 0.6) is 0 Å². The van der Waals surface area contributed by atoms with Crippen LogP contribution in [-0.2, 0) is 6.54 Å². The molecule has 3 aromatic rings. The number of anilines is 1. The molecule has 21 heavy (non-hydrogen) atoms. The number of benzene rings is 2. The molecule has 8 heteroatoms. The van der Waals surface area contributed by atoms with Crippen molar-refractivity contribution in [2.45, 2.75) is 6.54 Å². The van der Waals surface area contributed by atoms with E-state index in [0.717, 1.165) is 17.3 Å². The van der Waals surface area contributed by atoms with Crippen LogP contribution in [0.25, 0.3) is 11.0 Å². The Kier molecular flexibility index (Phi) is 4.31. The number of hydrogen-bond donors (Lipinski definition) is 1. The van der Waals surface area contributed by atoms with Crippen molar-refractivity contribution in [3.63, 3.8) is 0 Å². The maximum atomic E-state index is 13.1. The molecule has 0 saturated heterocycles. The van der Waals surface area contributed by atoms with E-state index in [1.54, 1.807) is 12.1 Å². The monoisotopic (exact) mass is 405 g/mol. The second kappa shape index (κ2) is 6.04. The zero-order valence-electron chi connectivity index (χ0n) is 10.3. The van der Waals surface area contributed by atoms with Crippen LogP contribution < -0.4 is 5.32 Å². The van der Waals surface area contributed by atoms with Gasteiger partial charge in [-0.05, 0) is 23.8 Å². The lowest BCUT2D eigenvalue weighted by Crippen LogP contribution is -2.02. The number of halogens is 4. The first-order valence-electron chi connectivity index (χ1n) is 5.84. The molecular formula is C13H7BrCl2FN3S. The van der Waals surface area contributed by atoms with E-state index in [-0.39, 0.29) is 5.82 Å².